The molecule has 0 saturated carbocycles. The molecule has 0 aliphatic carbocycles. The molecule has 0 radical (unpaired) electrons. The highest BCUT2D eigenvalue weighted by Crippen LogP contribution is 2.16. The van der Waals surface area contributed by atoms with Gasteiger partial charge in [0.25, 0.3) is 0 Å². The highest BCUT2D eigenvalue weighted by molar-refractivity contribution is 7.21. The minimum Gasteiger partial charge on any atom is -0.119 e. The molecule has 0 aromatic carbocycles. The first-order valence-corrected chi connectivity index (χ1v) is 9.27. The topological polar surface area (TPSA) is 0 Å². The molecule has 0 rings (SSSR count). The number of halogens is 1. The summed E-state index contributed by atoms with van der Waals surface area (Å²) in [6, 6.07) is 0. The summed E-state index contributed by atoms with van der Waals surface area (Å²) in [4.78, 5) is 0. The van der Waals surface area contributed by atoms with Crippen molar-refractivity contribution in [2.75, 3.05) is 0 Å². The summed E-state index contributed by atoms with van der Waals surface area (Å²) in [5.41, 5.74) is 0. The molecule has 0 aliphatic rings. The Bertz CT molecular complexity index is 148. The Balaban J connectivity index is 2.90. The molecule has 0 heterocycles. The molecule has 0 N–H and O–H groups in total. The van der Waals surface area contributed by atoms with Crippen molar-refractivity contribution >= 4 is 20.8 Å². The monoisotopic (exact) mass is 292 g/mol. The SMILES string of the molecule is CCCCCCCCCCCCCCCC(P)Cl. The van der Waals surface area contributed by atoms with Gasteiger partial charge < -0.3 is 0 Å². The Hall–Kier alpha value is 0.720. The van der Waals surface area contributed by atoms with E-state index in [-0.39, 0.29) is 5.12 Å². The second-order valence-corrected chi connectivity index (χ2v) is 7.34. The molecular formula is C16H34ClP. The molecule has 0 spiro atoms. The predicted molar refractivity (Wildman–Crippen MR) is 89.7 cm³/mol. The zero-order chi connectivity index (χ0) is 13.5. The summed E-state index contributed by atoms with van der Waals surface area (Å²) < 4.78 is 0. The average Bonchev–Trinajstić information content (AvgIpc) is 2.34. The Kier molecular flexibility index (Phi) is 16.4. The lowest BCUT2D eigenvalue weighted by Gasteiger charge is -2.04. The molecule has 2 unspecified atom stereocenters. The van der Waals surface area contributed by atoms with Gasteiger partial charge in [-0.05, 0) is 6.42 Å². The summed E-state index contributed by atoms with van der Waals surface area (Å²) in [5, 5.41) is 0.290. The molecule has 0 saturated heterocycles. The van der Waals surface area contributed by atoms with Crippen molar-refractivity contribution < 1.29 is 0 Å². The smallest absolute Gasteiger partial charge is 0.0476 e. The molecular weight excluding hydrogens is 259 g/mol. The minimum atomic E-state index is 0.290. The van der Waals surface area contributed by atoms with E-state index < -0.39 is 0 Å². The fourth-order valence-electron chi connectivity index (χ4n) is 2.36. The van der Waals surface area contributed by atoms with Gasteiger partial charge in [-0.25, -0.2) is 0 Å². The molecule has 2 heteroatoms. The van der Waals surface area contributed by atoms with E-state index in [2.05, 4.69) is 16.2 Å². The third-order valence-electron chi connectivity index (χ3n) is 3.58. The van der Waals surface area contributed by atoms with Crippen LogP contribution in [0.25, 0.3) is 0 Å². The number of hydrogen-bond acceptors (Lipinski definition) is 0. The lowest BCUT2D eigenvalue weighted by Crippen LogP contribution is -1.86. The third kappa shape index (κ3) is 16.7. The van der Waals surface area contributed by atoms with Crippen LogP contribution in [0.15, 0.2) is 0 Å². The van der Waals surface area contributed by atoms with Crippen molar-refractivity contribution in [1.82, 2.24) is 0 Å². The normalized spacial score (nSPS) is 12.8. The highest BCUT2D eigenvalue weighted by Gasteiger charge is 1.96. The van der Waals surface area contributed by atoms with Crippen LogP contribution < -0.4 is 0 Å². The molecule has 0 amide bonds. The van der Waals surface area contributed by atoms with Crippen molar-refractivity contribution in [3.8, 4) is 0 Å². The van der Waals surface area contributed by atoms with Crippen molar-refractivity contribution in [2.45, 2.75) is 102 Å². The molecule has 0 nitrogen and oxygen atoms in total. The Labute approximate surface area is 123 Å². The second-order valence-electron chi connectivity index (χ2n) is 5.55. The van der Waals surface area contributed by atoms with E-state index in [9.17, 15) is 0 Å². The van der Waals surface area contributed by atoms with Gasteiger partial charge >= 0.3 is 0 Å². The molecule has 0 fully saturated rings. The van der Waals surface area contributed by atoms with Crippen molar-refractivity contribution in [3.63, 3.8) is 0 Å². The van der Waals surface area contributed by atoms with Gasteiger partial charge in [0.1, 0.15) is 0 Å². The Morgan fingerprint density at radius 1 is 0.667 bits per heavy atom. The standard InChI is InChI=1S/C16H34ClP/c1-2-3-4-5-6-7-8-9-10-11-12-13-14-15-16(17)18/h16H,2-15,18H2,1H3. The fourth-order valence-corrected chi connectivity index (χ4v) is 2.75. The zero-order valence-corrected chi connectivity index (χ0v) is 14.3. The van der Waals surface area contributed by atoms with Gasteiger partial charge in [-0.3, -0.25) is 0 Å². The second kappa shape index (κ2) is 15.8. The maximum Gasteiger partial charge on any atom is 0.0476 e. The van der Waals surface area contributed by atoms with E-state index in [4.69, 9.17) is 11.6 Å². The van der Waals surface area contributed by atoms with E-state index in [1.54, 1.807) is 0 Å². The number of alkyl halides is 1. The number of hydrogen-bond donors (Lipinski definition) is 0. The summed E-state index contributed by atoms with van der Waals surface area (Å²) in [5.74, 6) is 0. The maximum absolute atomic E-state index is 5.88. The molecule has 2 atom stereocenters. The highest BCUT2D eigenvalue weighted by atomic mass is 35.5. The van der Waals surface area contributed by atoms with E-state index in [0.29, 0.717) is 0 Å². The third-order valence-corrected chi connectivity index (χ3v) is 4.14. The van der Waals surface area contributed by atoms with Gasteiger partial charge in [-0.15, -0.1) is 20.8 Å². The van der Waals surface area contributed by atoms with Crippen LogP contribution in [-0.4, -0.2) is 5.12 Å². The zero-order valence-electron chi connectivity index (χ0n) is 12.4. The van der Waals surface area contributed by atoms with Crippen LogP contribution in [0.1, 0.15) is 96.8 Å². The summed E-state index contributed by atoms with van der Waals surface area (Å²) in [7, 11) is 2.67. The first-order chi connectivity index (χ1) is 8.77. The van der Waals surface area contributed by atoms with Crippen LogP contribution >= 0.6 is 20.8 Å². The van der Waals surface area contributed by atoms with Crippen LogP contribution in [-0.2, 0) is 0 Å². The summed E-state index contributed by atoms with van der Waals surface area (Å²) >= 11 is 5.88. The predicted octanol–water partition coefficient (Wildman–Crippen LogP) is 6.91. The number of rotatable bonds is 14. The number of unbranched alkanes of at least 4 members (excludes halogenated alkanes) is 12. The summed E-state index contributed by atoms with van der Waals surface area (Å²) in [6.07, 6.45) is 19.7. The van der Waals surface area contributed by atoms with Crippen LogP contribution in [0.3, 0.4) is 0 Å². The van der Waals surface area contributed by atoms with Gasteiger partial charge in [0.15, 0.2) is 0 Å². The lowest BCUT2D eigenvalue weighted by atomic mass is 10.0. The van der Waals surface area contributed by atoms with Gasteiger partial charge in [0.2, 0.25) is 0 Å². The van der Waals surface area contributed by atoms with Crippen LogP contribution in [0, 0.1) is 0 Å². The Morgan fingerprint density at radius 2 is 1.00 bits per heavy atom. The summed E-state index contributed by atoms with van der Waals surface area (Å²) in [6.45, 7) is 2.28. The quantitative estimate of drug-likeness (QED) is 0.185. The Morgan fingerprint density at radius 3 is 1.33 bits per heavy atom. The largest absolute Gasteiger partial charge is 0.119 e. The van der Waals surface area contributed by atoms with E-state index in [0.717, 1.165) is 6.42 Å². The van der Waals surface area contributed by atoms with Crippen molar-refractivity contribution in [1.29, 1.82) is 0 Å². The van der Waals surface area contributed by atoms with Crippen molar-refractivity contribution in [2.24, 2.45) is 0 Å². The lowest BCUT2D eigenvalue weighted by molar-refractivity contribution is 0.538. The van der Waals surface area contributed by atoms with E-state index in [1.807, 2.05) is 0 Å². The van der Waals surface area contributed by atoms with Crippen LogP contribution in [0.5, 0.6) is 0 Å². The molecule has 0 aliphatic heterocycles. The molecule has 18 heavy (non-hydrogen) atoms. The molecule has 0 bridgehead atoms. The maximum atomic E-state index is 5.88. The van der Waals surface area contributed by atoms with Gasteiger partial charge in [0, 0.05) is 5.12 Å². The van der Waals surface area contributed by atoms with E-state index >= 15 is 0 Å². The average molecular weight is 293 g/mol. The molecule has 0 aromatic rings. The first-order valence-electron chi connectivity index (χ1n) is 8.17. The van der Waals surface area contributed by atoms with Gasteiger partial charge in [0.05, 0.1) is 0 Å². The van der Waals surface area contributed by atoms with E-state index in [1.165, 1.54) is 83.5 Å². The van der Waals surface area contributed by atoms with Crippen LogP contribution in [0.4, 0.5) is 0 Å². The van der Waals surface area contributed by atoms with Gasteiger partial charge in [-0.1, -0.05) is 90.4 Å². The first kappa shape index (κ1) is 18.7. The molecule has 110 valence electrons. The minimum absolute atomic E-state index is 0.290. The fraction of sp³-hybridized carbons (Fsp3) is 1.00. The van der Waals surface area contributed by atoms with Crippen LogP contribution in [0.2, 0.25) is 0 Å². The molecule has 0 aromatic heterocycles. The van der Waals surface area contributed by atoms with Crippen molar-refractivity contribution in [3.05, 3.63) is 0 Å². The van der Waals surface area contributed by atoms with Gasteiger partial charge in [-0.2, -0.15) is 0 Å².